The van der Waals surface area contributed by atoms with E-state index >= 15 is 0 Å². The summed E-state index contributed by atoms with van der Waals surface area (Å²) in [5.74, 6) is -0.235. The number of hydrogen-bond donors (Lipinski definition) is 2. The van der Waals surface area contributed by atoms with Crippen molar-refractivity contribution in [1.82, 2.24) is 5.32 Å². The minimum atomic E-state index is -0.836. The second-order valence-electron chi connectivity index (χ2n) is 5.23. The molecular weight excluding hydrogens is 270 g/mol. The molecule has 2 N–H and O–H groups in total. The standard InChI is InChI=1S/C16H17NO2S/c1-10-12(7-15(20-10)16(18)19)8-17-9-13-6-11-4-2-3-5-14(11)13/h2-5,7,13,17H,6,8-9H2,1H3,(H,18,19). The monoisotopic (exact) mass is 287 g/mol. The quantitative estimate of drug-likeness (QED) is 0.888. The van der Waals surface area contributed by atoms with Gasteiger partial charge in [-0.3, -0.25) is 0 Å². The summed E-state index contributed by atoms with van der Waals surface area (Å²) >= 11 is 1.35. The Balaban J connectivity index is 1.55. The molecule has 0 bridgehead atoms. The minimum Gasteiger partial charge on any atom is -0.477 e. The van der Waals surface area contributed by atoms with Gasteiger partial charge in [0.15, 0.2) is 0 Å². The van der Waals surface area contributed by atoms with E-state index in [0.29, 0.717) is 10.8 Å². The first-order valence-corrected chi connectivity index (χ1v) is 7.58. The lowest BCUT2D eigenvalue weighted by molar-refractivity contribution is 0.0702. The van der Waals surface area contributed by atoms with Gasteiger partial charge >= 0.3 is 5.97 Å². The van der Waals surface area contributed by atoms with Crippen LogP contribution >= 0.6 is 11.3 Å². The van der Waals surface area contributed by atoms with Crippen molar-refractivity contribution < 1.29 is 9.90 Å². The molecule has 3 nitrogen and oxygen atoms in total. The van der Waals surface area contributed by atoms with E-state index in [1.807, 2.05) is 6.92 Å². The van der Waals surface area contributed by atoms with Crippen LogP contribution < -0.4 is 5.32 Å². The van der Waals surface area contributed by atoms with Crippen LogP contribution in [0.15, 0.2) is 30.3 Å². The molecule has 1 aliphatic rings. The van der Waals surface area contributed by atoms with Crippen molar-refractivity contribution >= 4 is 17.3 Å². The zero-order valence-electron chi connectivity index (χ0n) is 11.3. The van der Waals surface area contributed by atoms with Crippen molar-refractivity contribution in [2.24, 2.45) is 0 Å². The number of hydrogen-bond acceptors (Lipinski definition) is 3. The molecule has 0 amide bonds. The van der Waals surface area contributed by atoms with Crippen LogP contribution in [0, 0.1) is 6.92 Å². The van der Waals surface area contributed by atoms with E-state index in [-0.39, 0.29) is 0 Å². The van der Waals surface area contributed by atoms with Gasteiger partial charge in [0.05, 0.1) is 0 Å². The van der Waals surface area contributed by atoms with Crippen LogP contribution in [0.2, 0.25) is 0 Å². The zero-order chi connectivity index (χ0) is 14.1. The van der Waals surface area contributed by atoms with Crippen LogP contribution in [-0.4, -0.2) is 17.6 Å². The lowest BCUT2D eigenvalue weighted by Gasteiger charge is -2.30. The highest BCUT2D eigenvalue weighted by Crippen LogP contribution is 2.34. The van der Waals surface area contributed by atoms with Gasteiger partial charge in [0.1, 0.15) is 4.88 Å². The van der Waals surface area contributed by atoms with Crippen molar-refractivity contribution in [3.05, 3.63) is 56.8 Å². The summed E-state index contributed by atoms with van der Waals surface area (Å²) < 4.78 is 0. The molecule has 20 heavy (non-hydrogen) atoms. The van der Waals surface area contributed by atoms with Crippen LogP contribution in [0.1, 0.15) is 37.2 Å². The Labute approximate surface area is 122 Å². The predicted molar refractivity (Wildman–Crippen MR) is 80.6 cm³/mol. The number of benzene rings is 1. The number of fused-ring (bicyclic) bond motifs is 1. The van der Waals surface area contributed by atoms with Crippen molar-refractivity contribution in [3.63, 3.8) is 0 Å². The van der Waals surface area contributed by atoms with Gasteiger partial charge in [-0.15, -0.1) is 11.3 Å². The Hall–Kier alpha value is -1.65. The maximum atomic E-state index is 10.9. The Morgan fingerprint density at radius 2 is 2.25 bits per heavy atom. The van der Waals surface area contributed by atoms with Crippen LogP contribution in [0.3, 0.4) is 0 Å². The first kappa shape index (κ1) is 13.3. The van der Waals surface area contributed by atoms with E-state index in [2.05, 4.69) is 29.6 Å². The maximum absolute atomic E-state index is 10.9. The third kappa shape index (κ3) is 2.49. The first-order valence-electron chi connectivity index (χ1n) is 6.76. The number of carbonyl (C=O) groups is 1. The van der Waals surface area contributed by atoms with Crippen LogP contribution in [0.25, 0.3) is 0 Å². The molecule has 1 unspecified atom stereocenters. The summed E-state index contributed by atoms with van der Waals surface area (Å²) in [5, 5.41) is 12.4. The molecule has 0 radical (unpaired) electrons. The number of aromatic carboxylic acids is 1. The molecular formula is C16H17NO2S. The van der Waals surface area contributed by atoms with Crippen LogP contribution in [0.4, 0.5) is 0 Å². The van der Waals surface area contributed by atoms with Gasteiger partial charge in [0, 0.05) is 23.9 Å². The average molecular weight is 287 g/mol. The van der Waals surface area contributed by atoms with E-state index in [1.54, 1.807) is 6.07 Å². The molecule has 1 heterocycles. The minimum absolute atomic E-state index is 0.424. The van der Waals surface area contributed by atoms with E-state index < -0.39 is 5.97 Å². The van der Waals surface area contributed by atoms with Crippen LogP contribution in [0.5, 0.6) is 0 Å². The normalized spacial score (nSPS) is 16.6. The third-order valence-electron chi connectivity index (χ3n) is 3.90. The average Bonchev–Trinajstić information content (AvgIpc) is 2.77. The fourth-order valence-corrected chi connectivity index (χ4v) is 3.61. The highest BCUT2D eigenvalue weighted by atomic mass is 32.1. The molecule has 2 aromatic rings. The summed E-state index contributed by atoms with van der Waals surface area (Å²) in [6, 6.07) is 10.3. The Bertz CT molecular complexity index is 648. The number of carboxylic acid groups (broad SMARTS) is 1. The van der Waals surface area contributed by atoms with Gasteiger partial charge in [0.25, 0.3) is 0 Å². The second-order valence-corrected chi connectivity index (χ2v) is 6.48. The molecule has 1 aromatic heterocycles. The van der Waals surface area contributed by atoms with Gasteiger partial charge in [0.2, 0.25) is 0 Å². The molecule has 0 saturated heterocycles. The van der Waals surface area contributed by atoms with Crippen molar-refractivity contribution in [1.29, 1.82) is 0 Å². The topological polar surface area (TPSA) is 49.3 Å². The van der Waals surface area contributed by atoms with Crippen molar-refractivity contribution in [2.75, 3.05) is 6.54 Å². The highest BCUT2D eigenvalue weighted by Gasteiger charge is 2.24. The molecule has 104 valence electrons. The zero-order valence-corrected chi connectivity index (χ0v) is 12.2. The molecule has 3 rings (SSSR count). The second kappa shape index (κ2) is 5.38. The number of aryl methyl sites for hydroxylation is 1. The van der Waals surface area contributed by atoms with E-state index in [4.69, 9.17) is 5.11 Å². The summed E-state index contributed by atoms with van der Waals surface area (Å²) in [7, 11) is 0. The predicted octanol–water partition coefficient (Wildman–Crippen LogP) is 3.18. The first-order chi connectivity index (χ1) is 9.65. The molecule has 1 aromatic carbocycles. The molecule has 1 aliphatic carbocycles. The highest BCUT2D eigenvalue weighted by molar-refractivity contribution is 7.14. The fraction of sp³-hybridized carbons (Fsp3) is 0.312. The molecule has 0 aliphatic heterocycles. The summed E-state index contributed by atoms with van der Waals surface area (Å²) in [6.45, 7) is 3.68. The van der Waals surface area contributed by atoms with E-state index in [9.17, 15) is 4.79 Å². The number of nitrogens with one attached hydrogen (secondary N) is 1. The maximum Gasteiger partial charge on any atom is 0.345 e. The number of thiophene rings is 1. The molecule has 1 atom stereocenters. The SMILES string of the molecule is Cc1sc(C(=O)O)cc1CNCC1Cc2ccccc21. The molecule has 0 spiro atoms. The van der Waals surface area contributed by atoms with Gasteiger partial charge in [-0.1, -0.05) is 24.3 Å². The molecule has 0 saturated carbocycles. The number of rotatable bonds is 5. The van der Waals surface area contributed by atoms with Gasteiger partial charge in [-0.25, -0.2) is 4.79 Å². The summed E-state index contributed by atoms with van der Waals surface area (Å²) in [5.41, 5.74) is 4.01. The van der Waals surface area contributed by atoms with Gasteiger partial charge in [-0.05, 0) is 36.1 Å². The van der Waals surface area contributed by atoms with Gasteiger partial charge in [-0.2, -0.15) is 0 Å². The largest absolute Gasteiger partial charge is 0.477 e. The third-order valence-corrected chi connectivity index (χ3v) is 4.98. The Morgan fingerprint density at radius 3 is 2.95 bits per heavy atom. The molecule has 4 heteroatoms. The fourth-order valence-electron chi connectivity index (χ4n) is 2.73. The summed E-state index contributed by atoms with van der Waals surface area (Å²) in [4.78, 5) is 12.4. The summed E-state index contributed by atoms with van der Waals surface area (Å²) in [6.07, 6.45) is 1.15. The van der Waals surface area contributed by atoms with Crippen molar-refractivity contribution in [2.45, 2.75) is 25.8 Å². The number of carboxylic acids is 1. The lowest BCUT2D eigenvalue weighted by Crippen LogP contribution is -2.28. The van der Waals surface area contributed by atoms with Crippen LogP contribution in [-0.2, 0) is 13.0 Å². The Kier molecular flexibility index (Phi) is 3.59. The van der Waals surface area contributed by atoms with E-state index in [0.717, 1.165) is 30.0 Å². The Morgan fingerprint density at radius 1 is 1.45 bits per heavy atom. The van der Waals surface area contributed by atoms with Crippen molar-refractivity contribution in [3.8, 4) is 0 Å². The van der Waals surface area contributed by atoms with E-state index in [1.165, 1.54) is 22.5 Å². The van der Waals surface area contributed by atoms with Gasteiger partial charge < -0.3 is 10.4 Å². The lowest BCUT2D eigenvalue weighted by atomic mass is 9.77. The molecule has 0 fully saturated rings. The smallest absolute Gasteiger partial charge is 0.345 e.